The molecular formula is C19H30N2O4. The Bertz CT molecular complexity index is 544. The molecule has 1 saturated heterocycles. The Balaban J connectivity index is 1.67. The number of hydrogen-bond acceptors (Lipinski definition) is 5. The summed E-state index contributed by atoms with van der Waals surface area (Å²) in [6.07, 6.45) is 1.03. The van der Waals surface area contributed by atoms with E-state index in [4.69, 9.17) is 14.6 Å². The fourth-order valence-corrected chi connectivity index (χ4v) is 3.23. The van der Waals surface area contributed by atoms with Gasteiger partial charge in [0, 0.05) is 26.2 Å². The SMILES string of the molecule is Cc1cc(C)cc(OCCCN2CCOC(CN(C)CC(=O)O)C2)c1. The normalized spacial score (nSPS) is 18.5. The van der Waals surface area contributed by atoms with Gasteiger partial charge in [0.15, 0.2) is 0 Å². The van der Waals surface area contributed by atoms with Crippen molar-refractivity contribution in [1.29, 1.82) is 0 Å². The summed E-state index contributed by atoms with van der Waals surface area (Å²) in [7, 11) is 1.81. The largest absolute Gasteiger partial charge is 0.494 e. The number of morpholine rings is 1. The van der Waals surface area contributed by atoms with Crippen LogP contribution in [0, 0.1) is 13.8 Å². The molecule has 1 unspecified atom stereocenters. The molecule has 0 amide bonds. The summed E-state index contributed by atoms with van der Waals surface area (Å²) < 4.78 is 11.6. The molecule has 0 saturated carbocycles. The lowest BCUT2D eigenvalue weighted by atomic mass is 10.1. The van der Waals surface area contributed by atoms with Gasteiger partial charge >= 0.3 is 5.97 Å². The van der Waals surface area contributed by atoms with Crippen LogP contribution in [0.4, 0.5) is 0 Å². The molecule has 1 N–H and O–H groups in total. The molecule has 0 aromatic heterocycles. The highest BCUT2D eigenvalue weighted by molar-refractivity contribution is 5.69. The molecule has 25 heavy (non-hydrogen) atoms. The number of nitrogens with zero attached hydrogens (tertiary/aromatic N) is 2. The number of ether oxygens (including phenoxy) is 2. The highest BCUT2D eigenvalue weighted by atomic mass is 16.5. The predicted octanol–water partition coefficient (Wildman–Crippen LogP) is 1.79. The lowest BCUT2D eigenvalue weighted by Crippen LogP contribution is -2.47. The minimum Gasteiger partial charge on any atom is -0.494 e. The molecule has 1 aromatic carbocycles. The first kappa shape index (κ1) is 19.7. The topological polar surface area (TPSA) is 62.2 Å². The van der Waals surface area contributed by atoms with Gasteiger partial charge in [0.1, 0.15) is 5.75 Å². The second-order valence-electron chi connectivity index (χ2n) is 6.91. The van der Waals surface area contributed by atoms with E-state index in [1.54, 1.807) is 4.90 Å². The quantitative estimate of drug-likeness (QED) is 0.685. The molecule has 6 heteroatoms. The smallest absolute Gasteiger partial charge is 0.317 e. The van der Waals surface area contributed by atoms with Crippen LogP contribution in [-0.4, -0.2) is 80.0 Å². The number of carboxylic acids is 1. The first-order chi connectivity index (χ1) is 11.9. The average Bonchev–Trinajstić information content (AvgIpc) is 2.50. The third kappa shape index (κ3) is 7.42. The zero-order valence-electron chi connectivity index (χ0n) is 15.5. The summed E-state index contributed by atoms with van der Waals surface area (Å²) >= 11 is 0. The molecule has 1 aliphatic heterocycles. The van der Waals surface area contributed by atoms with E-state index in [0.717, 1.165) is 31.8 Å². The van der Waals surface area contributed by atoms with Gasteiger partial charge in [-0.3, -0.25) is 14.6 Å². The van der Waals surface area contributed by atoms with Crippen molar-refractivity contribution in [3.05, 3.63) is 29.3 Å². The van der Waals surface area contributed by atoms with Crippen molar-refractivity contribution in [2.75, 3.05) is 53.0 Å². The molecule has 0 radical (unpaired) electrons. The van der Waals surface area contributed by atoms with E-state index < -0.39 is 5.97 Å². The van der Waals surface area contributed by atoms with Crippen LogP contribution in [-0.2, 0) is 9.53 Å². The third-order valence-corrected chi connectivity index (χ3v) is 4.23. The van der Waals surface area contributed by atoms with E-state index in [-0.39, 0.29) is 12.6 Å². The number of likely N-dealkylation sites (N-methyl/N-ethyl adjacent to an activating group) is 1. The zero-order chi connectivity index (χ0) is 18.2. The summed E-state index contributed by atoms with van der Waals surface area (Å²) in [6.45, 7) is 8.96. The highest BCUT2D eigenvalue weighted by Crippen LogP contribution is 2.16. The summed E-state index contributed by atoms with van der Waals surface area (Å²) in [5.74, 6) is 0.131. The van der Waals surface area contributed by atoms with Crippen LogP contribution in [0.25, 0.3) is 0 Å². The van der Waals surface area contributed by atoms with E-state index >= 15 is 0 Å². The Morgan fingerprint density at radius 3 is 2.76 bits per heavy atom. The van der Waals surface area contributed by atoms with Gasteiger partial charge in [0.25, 0.3) is 0 Å². The van der Waals surface area contributed by atoms with Crippen LogP contribution < -0.4 is 4.74 Å². The molecule has 1 atom stereocenters. The summed E-state index contributed by atoms with van der Waals surface area (Å²) in [5, 5.41) is 8.83. The highest BCUT2D eigenvalue weighted by Gasteiger charge is 2.22. The van der Waals surface area contributed by atoms with Crippen molar-refractivity contribution in [3.8, 4) is 5.75 Å². The van der Waals surface area contributed by atoms with Crippen LogP contribution in [0.3, 0.4) is 0 Å². The van der Waals surface area contributed by atoms with Gasteiger partial charge in [0.05, 0.1) is 25.9 Å². The van der Waals surface area contributed by atoms with Gasteiger partial charge in [0.2, 0.25) is 0 Å². The Labute approximate surface area is 150 Å². The number of hydrogen-bond donors (Lipinski definition) is 1. The van der Waals surface area contributed by atoms with E-state index in [9.17, 15) is 4.79 Å². The van der Waals surface area contributed by atoms with Gasteiger partial charge in [-0.15, -0.1) is 0 Å². The number of aryl methyl sites for hydroxylation is 2. The molecule has 1 aromatic rings. The van der Waals surface area contributed by atoms with Crippen LogP contribution in [0.5, 0.6) is 5.75 Å². The average molecular weight is 350 g/mol. The summed E-state index contributed by atoms with van der Waals surface area (Å²) in [5.41, 5.74) is 2.44. The van der Waals surface area contributed by atoms with E-state index in [1.165, 1.54) is 11.1 Å². The minimum atomic E-state index is -0.807. The molecule has 1 aliphatic rings. The van der Waals surface area contributed by atoms with Gasteiger partial charge in [-0.05, 0) is 50.6 Å². The minimum absolute atomic E-state index is 0.0452. The Kier molecular flexibility index (Phi) is 7.68. The van der Waals surface area contributed by atoms with Gasteiger partial charge in [-0.25, -0.2) is 0 Å². The molecular weight excluding hydrogens is 320 g/mol. The number of benzene rings is 1. The van der Waals surface area contributed by atoms with Crippen LogP contribution >= 0.6 is 0 Å². The molecule has 2 rings (SSSR count). The second kappa shape index (κ2) is 9.75. The number of aliphatic carboxylic acids is 1. The lowest BCUT2D eigenvalue weighted by Gasteiger charge is -2.34. The Morgan fingerprint density at radius 2 is 2.08 bits per heavy atom. The fraction of sp³-hybridized carbons (Fsp3) is 0.632. The molecule has 140 valence electrons. The van der Waals surface area contributed by atoms with Gasteiger partial charge in [-0.1, -0.05) is 6.07 Å². The maximum Gasteiger partial charge on any atom is 0.317 e. The monoisotopic (exact) mass is 350 g/mol. The number of carboxylic acid groups (broad SMARTS) is 1. The number of rotatable bonds is 9. The van der Waals surface area contributed by atoms with Crippen molar-refractivity contribution in [1.82, 2.24) is 9.80 Å². The number of carbonyl (C=O) groups is 1. The first-order valence-corrected chi connectivity index (χ1v) is 8.88. The molecule has 1 fully saturated rings. The standard InChI is InChI=1S/C19H30N2O4/c1-15-9-16(2)11-17(10-15)24-7-4-5-21-6-8-25-18(13-21)12-20(3)14-19(22)23/h9-11,18H,4-8,12-14H2,1-3H3,(H,22,23). The van der Waals surface area contributed by atoms with E-state index in [2.05, 4.69) is 36.9 Å². The van der Waals surface area contributed by atoms with Gasteiger partial charge < -0.3 is 14.6 Å². The zero-order valence-corrected chi connectivity index (χ0v) is 15.5. The first-order valence-electron chi connectivity index (χ1n) is 8.88. The van der Waals surface area contributed by atoms with Crippen LogP contribution in [0.1, 0.15) is 17.5 Å². The Morgan fingerprint density at radius 1 is 1.36 bits per heavy atom. The van der Waals surface area contributed by atoms with Crippen molar-refractivity contribution >= 4 is 5.97 Å². The van der Waals surface area contributed by atoms with Crippen molar-refractivity contribution in [3.63, 3.8) is 0 Å². The second-order valence-corrected chi connectivity index (χ2v) is 6.91. The van der Waals surface area contributed by atoms with Crippen molar-refractivity contribution in [2.24, 2.45) is 0 Å². The van der Waals surface area contributed by atoms with Gasteiger partial charge in [-0.2, -0.15) is 0 Å². The van der Waals surface area contributed by atoms with E-state index in [0.29, 0.717) is 19.8 Å². The van der Waals surface area contributed by atoms with Crippen LogP contribution in [0.15, 0.2) is 18.2 Å². The third-order valence-electron chi connectivity index (χ3n) is 4.23. The maximum atomic E-state index is 10.7. The molecule has 0 bridgehead atoms. The Hall–Kier alpha value is -1.63. The lowest BCUT2D eigenvalue weighted by molar-refractivity contribution is -0.138. The summed E-state index contributed by atoms with van der Waals surface area (Å²) in [4.78, 5) is 14.9. The fourth-order valence-electron chi connectivity index (χ4n) is 3.23. The van der Waals surface area contributed by atoms with Crippen LogP contribution in [0.2, 0.25) is 0 Å². The molecule has 1 heterocycles. The maximum absolute atomic E-state index is 10.7. The van der Waals surface area contributed by atoms with Crippen molar-refractivity contribution < 1.29 is 19.4 Å². The molecule has 0 aliphatic carbocycles. The molecule has 0 spiro atoms. The van der Waals surface area contributed by atoms with E-state index in [1.807, 2.05) is 7.05 Å². The summed E-state index contributed by atoms with van der Waals surface area (Å²) in [6, 6.07) is 6.27. The van der Waals surface area contributed by atoms with Crippen molar-refractivity contribution in [2.45, 2.75) is 26.4 Å². The predicted molar refractivity (Wildman–Crippen MR) is 97.3 cm³/mol. The molecule has 6 nitrogen and oxygen atoms in total.